The lowest BCUT2D eigenvalue weighted by atomic mass is 10.1. The number of aliphatic imine (C=N–C) groups is 1. The van der Waals surface area contributed by atoms with Crippen LogP contribution in [0.5, 0.6) is 0 Å². The summed E-state index contributed by atoms with van der Waals surface area (Å²) in [6.45, 7) is 11.7. The Hall–Kier alpha value is -0.940. The maximum Gasteiger partial charge on any atom is 0.193 e. The van der Waals surface area contributed by atoms with Crippen LogP contribution in [-0.2, 0) is 11.3 Å². The molecule has 1 N–H and O–H groups in total. The second kappa shape index (κ2) is 13.1. The van der Waals surface area contributed by atoms with Crippen molar-refractivity contribution in [2.45, 2.75) is 31.5 Å². The Bertz CT molecular complexity index is 705. The molecule has 2 atom stereocenters. The first-order valence-corrected chi connectivity index (χ1v) is 12.0. The van der Waals surface area contributed by atoms with Gasteiger partial charge in [0.25, 0.3) is 0 Å². The van der Waals surface area contributed by atoms with E-state index in [-0.39, 0.29) is 30.1 Å². The Morgan fingerprint density at radius 3 is 2.75 bits per heavy atom. The van der Waals surface area contributed by atoms with Crippen molar-refractivity contribution >= 4 is 29.9 Å². The highest BCUT2D eigenvalue weighted by Gasteiger charge is 2.41. The second-order valence-electron chi connectivity index (χ2n) is 9.16. The molecule has 0 radical (unpaired) electrons. The third-order valence-electron chi connectivity index (χ3n) is 6.90. The molecule has 0 bridgehead atoms. The van der Waals surface area contributed by atoms with E-state index < -0.39 is 0 Å². The number of likely N-dealkylation sites (tertiary alicyclic amines) is 1. The zero-order chi connectivity index (χ0) is 21.5. The van der Waals surface area contributed by atoms with Gasteiger partial charge < -0.3 is 24.8 Å². The number of halogens is 1. The molecule has 7 nitrogen and oxygen atoms in total. The molecule has 0 spiro atoms. The van der Waals surface area contributed by atoms with Gasteiger partial charge in [-0.3, -0.25) is 9.89 Å². The van der Waals surface area contributed by atoms with Gasteiger partial charge in [-0.25, -0.2) is 0 Å². The van der Waals surface area contributed by atoms with Crippen molar-refractivity contribution in [3.63, 3.8) is 0 Å². The maximum atomic E-state index is 6.14. The normalized spacial score (nSPS) is 25.8. The molecule has 1 aromatic carbocycles. The topological polar surface area (TPSA) is 46.6 Å². The molecule has 8 heteroatoms. The van der Waals surface area contributed by atoms with Gasteiger partial charge in [0.2, 0.25) is 0 Å². The zero-order valence-electron chi connectivity index (χ0n) is 19.8. The molecule has 3 aliphatic heterocycles. The average molecular weight is 557 g/mol. The van der Waals surface area contributed by atoms with Crippen LogP contribution in [0.2, 0.25) is 0 Å². The predicted molar refractivity (Wildman–Crippen MR) is 142 cm³/mol. The highest BCUT2D eigenvalue weighted by molar-refractivity contribution is 14.0. The molecule has 3 fully saturated rings. The van der Waals surface area contributed by atoms with E-state index >= 15 is 0 Å². The van der Waals surface area contributed by atoms with Crippen LogP contribution in [0.25, 0.3) is 0 Å². The third kappa shape index (κ3) is 7.03. The molecule has 180 valence electrons. The van der Waals surface area contributed by atoms with Crippen LogP contribution in [0.1, 0.15) is 18.4 Å². The molecule has 0 aliphatic carbocycles. The van der Waals surface area contributed by atoms with Crippen LogP contribution in [0.3, 0.4) is 0 Å². The Kier molecular flexibility index (Phi) is 10.5. The first kappa shape index (κ1) is 25.7. The smallest absolute Gasteiger partial charge is 0.193 e. The van der Waals surface area contributed by atoms with Crippen molar-refractivity contribution in [3.8, 4) is 0 Å². The van der Waals surface area contributed by atoms with Crippen molar-refractivity contribution in [2.75, 3.05) is 79.6 Å². The highest BCUT2D eigenvalue weighted by atomic mass is 127. The predicted octanol–water partition coefficient (Wildman–Crippen LogP) is 1.79. The molecule has 3 aliphatic rings. The van der Waals surface area contributed by atoms with E-state index in [9.17, 15) is 0 Å². The van der Waals surface area contributed by atoms with Crippen LogP contribution < -0.4 is 5.32 Å². The van der Waals surface area contributed by atoms with E-state index in [2.05, 4.69) is 67.3 Å². The van der Waals surface area contributed by atoms with Gasteiger partial charge in [-0.1, -0.05) is 30.3 Å². The number of benzene rings is 1. The Labute approximate surface area is 211 Å². The average Bonchev–Trinajstić information content (AvgIpc) is 3.12. The van der Waals surface area contributed by atoms with Gasteiger partial charge in [0.1, 0.15) is 0 Å². The third-order valence-corrected chi connectivity index (χ3v) is 6.90. The lowest BCUT2D eigenvalue weighted by molar-refractivity contribution is -0.0502. The summed E-state index contributed by atoms with van der Waals surface area (Å²) < 4.78 is 6.14. The van der Waals surface area contributed by atoms with Gasteiger partial charge in [-0.2, -0.15) is 0 Å². The summed E-state index contributed by atoms with van der Waals surface area (Å²) in [5.41, 5.74) is 1.38. The van der Waals surface area contributed by atoms with Crippen LogP contribution in [-0.4, -0.2) is 117 Å². The number of ether oxygens (including phenoxy) is 1. The monoisotopic (exact) mass is 556 g/mol. The number of likely N-dealkylation sites (N-methyl/N-ethyl adjacent to an activating group) is 1. The Morgan fingerprint density at radius 1 is 1.09 bits per heavy atom. The van der Waals surface area contributed by atoms with Crippen molar-refractivity contribution in [2.24, 2.45) is 4.99 Å². The molecule has 2 unspecified atom stereocenters. The van der Waals surface area contributed by atoms with Gasteiger partial charge in [0.05, 0.1) is 18.8 Å². The van der Waals surface area contributed by atoms with Crippen molar-refractivity contribution in [1.82, 2.24) is 24.9 Å². The molecular formula is C24H41IN6O. The van der Waals surface area contributed by atoms with Gasteiger partial charge in [-0.15, -0.1) is 24.0 Å². The minimum absolute atomic E-state index is 0. The summed E-state index contributed by atoms with van der Waals surface area (Å²) in [5, 5.41) is 3.61. The van der Waals surface area contributed by atoms with Crippen LogP contribution >= 0.6 is 24.0 Å². The van der Waals surface area contributed by atoms with E-state index in [4.69, 9.17) is 4.74 Å². The summed E-state index contributed by atoms with van der Waals surface area (Å²) in [5.74, 6) is 1.02. The Morgan fingerprint density at radius 2 is 1.94 bits per heavy atom. The van der Waals surface area contributed by atoms with Gasteiger partial charge in [0.15, 0.2) is 5.96 Å². The number of guanidine groups is 1. The molecule has 3 saturated heterocycles. The van der Waals surface area contributed by atoms with Gasteiger partial charge >= 0.3 is 0 Å². The fraction of sp³-hybridized carbons (Fsp3) is 0.708. The van der Waals surface area contributed by atoms with E-state index in [1.807, 2.05) is 7.05 Å². The van der Waals surface area contributed by atoms with Crippen molar-refractivity contribution in [1.29, 1.82) is 0 Å². The zero-order valence-corrected chi connectivity index (χ0v) is 22.1. The molecule has 0 amide bonds. The van der Waals surface area contributed by atoms with Crippen LogP contribution in [0.4, 0.5) is 0 Å². The first-order chi connectivity index (χ1) is 15.2. The number of hydrogen-bond donors (Lipinski definition) is 1. The number of hydrogen-bond acceptors (Lipinski definition) is 5. The van der Waals surface area contributed by atoms with Crippen LogP contribution in [0.15, 0.2) is 35.3 Å². The molecule has 4 rings (SSSR count). The fourth-order valence-corrected chi connectivity index (χ4v) is 5.10. The minimum atomic E-state index is 0. The Balaban J connectivity index is 0.00000289. The number of rotatable bonds is 6. The number of fused-ring (bicyclic) bond motifs is 1. The van der Waals surface area contributed by atoms with E-state index in [1.165, 1.54) is 38.2 Å². The SMILES string of the molecule is CN=C(NCCCN1CCCN(C)CC1)N1CC2OCCN(Cc3ccccc3)C2C1.I. The standard InChI is InChI=1S/C24H40N6O.HI/c1-25-24(26-10-6-12-28-13-7-11-27(2)14-15-28)30-19-22-23(20-30)31-17-16-29(22)18-21-8-4-3-5-9-21;/h3-5,8-9,22-23H,6-7,10-20H2,1-2H3,(H,25,26);1H. The maximum absolute atomic E-state index is 6.14. The summed E-state index contributed by atoms with van der Waals surface area (Å²) in [6.07, 6.45) is 2.70. The second-order valence-corrected chi connectivity index (χ2v) is 9.16. The lowest BCUT2D eigenvalue weighted by Gasteiger charge is -2.36. The number of nitrogens with one attached hydrogen (secondary N) is 1. The molecule has 0 aromatic heterocycles. The van der Waals surface area contributed by atoms with E-state index in [0.717, 1.165) is 58.3 Å². The quantitative estimate of drug-likeness (QED) is 0.250. The summed E-state index contributed by atoms with van der Waals surface area (Å²) in [7, 11) is 4.13. The number of morpholine rings is 1. The first-order valence-electron chi connectivity index (χ1n) is 12.0. The molecule has 32 heavy (non-hydrogen) atoms. The van der Waals surface area contributed by atoms with Crippen LogP contribution in [0, 0.1) is 0 Å². The largest absolute Gasteiger partial charge is 0.373 e. The number of nitrogens with zero attached hydrogens (tertiary/aromatic N) is 5. The van der Waals surface area contributed by atoms with Crippen molar-refractivity contribution in [3.05, 3.63) is 35.9 Å². The molecular weight excluding hydrogens is 515 g/mol. The van der Waals surface area contributed by atoms with E-state index in [0.29, 0.717) is 6.04 Å². The van der Waals surface area contributed by atoms with E-state index in [1.54, 1.807) is 0 Å². The summed E-state index contributed by atoms with van der Waals surface area (Å²) in [6, 6.07) is 11.2. The molecule has 0 saturated carbocycles. The lowest BCUT2D eigenvalue weighted by Crippen LogP contribution is -2.50. The molecule has 3 heterocycles. The van der Waals surface area contributed by atoms with Gasteiger partial charge in [-0.05, 0) is 45.1 Å². The molecule has 1 aromatic rings. The fourth-order valence-electron chi connectivity index (χ4n) is 5.10. The minimum Gasteiger partial charge on any atom is -0.373 e. The van der Waals surface area contributed by atoms with Crippen molar-refractivity contribution < 1.29 is 4.74 Å². The van der Waals surface area contributed by atoms with Gasteiger partial charge in [0, 0.05) is 52.9 Å². The highest BCUT2D eigenvalue weighted by Crippen LogP contribution is 2.24. The summed E-state index contributed by atoms with van der Waals surface area (Å²) in [4.78, 5) is 14.6. The summed E-state index contributed by atoms with van der Waals surface area (Å²) >= 11 is 0.